The standard InChI is InChI=1S/C23H25N3O6/c1-13-10-17(18(27)11-14(13)2)21(28)19-20(15-6-5-7-16(12-15)26(31)32)25(9-8-24(3)4)23(30)22(19)29/h5-7,10-12,20,27-28H,8-9H2,1-4H3. The number of rotatable bonds is 6. The zero-order valence-corrected chi connectivity index (χ0v) is 18.3. The molecule has 1 unspecified atom stereocenters. The Hall–Kier alpha value is -3.72. The number of aromatic hydroxyl groups is 1. The summed E-state index contributed by atoms with van der Waals surface area (Å²) in [6, 6.07) is 7.60. The lowest BCUT2D eigenvalue weighted by atomic mass is 9.93. The minimum Gasteiger partial charge on any atom is -0.507 e. The van der Waals surface area contributed by atoms with Crippen LogP contribution >= 0.6 is 0 Å². The monoisotopic (exact) mass is 439 g/mol. The summed E-state index contributed by atoms with van der Waals surface area (Å²) in [4.78, 5) is 39.8. The fraction of sp³-hybridized carbons (Fsp3) is 0.304. The highest BCUT2D eigenvalue weighted by Gasteiger charge is 2.46. The van der Waals surface area contributed by atoms with E-state index in [1.54, 1.807) is 19.9 Å². The summed E-state index contributed by atoms with van der Waals surface area (Å²) in [5, 5.41) is 32.8. The van der Waals surface area contributed by atoms with Crippen molar-refractivity contribution in [2.24, 2.45) is 0 Å². The van der Waals surface area contributed by atoms with Gasteiger partial charge in [-0.1, -0.05) is 12.1 Å². The first-order valence-electron chi connectivity index (χ1n) is 10.0. The Bertz CT molecular complexity index is 1140. The van der Waals surface area contributed by atoms with Gasteiger partial charge >= 0.3 is 0 Å². The predicted molar refractivity (Wildman–Crippen MR) is 118 cm³/mol. The van der Waals surface area contributed by atoms with Gasteiger partial charge < -0.3 is 20.0 Å². The van der Waals surface area contributed by atoms with Crippen LogP contribution in [0.5, 0.6) is 5.75 Å². The van der Waals surface area contributed by atoms with Gasteiger partial charge in [-0.2, -0.15) is 0 Å². The molecule has 2 aromatic rings. The van der Waals surface area contributed by atoms with E-state index in [1.165, 1.54) is 35.2 Å². The smallest absolute Gasteiger partial charge is 0.295 e. The number of carbonyl (C=O) groups is 2. The number of likely N-dealkylation sites (tertiary alicyclic amines) is 1. The summed E-state index contributed by atoms with van der Waals surface area (Å²) in [6.45, 7) is 4.19. The predicted octanol–water partition coefficient (Wildman–Crippen LogP) is 2.90. The molecule has 9 heteroatoms. The number of carbonyl (C=O) groups excluding carboxylic acids is 2. The number of phenolic OH excluding ortho intramolecular Hbond substituents is 1. The molecule has 3 rings (SSSR count). The number of ketones is 1. The van der Waals surface area contributed by atoms with Gasteiger partial charge in [-0.05, 0) is 56.8 Å². The van der Waals surface area contributed by atoms with Crippen LogP contribution in [-0.4, -0.2) is 63.8 Å². The molecule has 1 fully saturated rings. The maximum Gasteiger partial charge on any atom is 0.295 e. The number of nitrogens with zero attached hydrogens (tertiary/aromatic N) is 3. The fourth-order valence-corrected chi connectivity index (χ4v) is 3.71. The lowest BCUT2D eigenvalue weighted by molar-refractivity contribution is -0.384. The number of aliphatic hydroxyl groups is 1. The summed E-state index contributed by atoms with van der Waals surface area (Å²) in [7, 11) is 3.62. The van der Waals surface area contributed by atoms with Crippen molar-refractivity contribution in [3.63, 3.8) is 0 Å². The van der Waals surface area contributed by atoms with Gasteiger partial charge in [-0.3, -0.25) is 19.7 Å². The summed E-state index contributed by atoms with van der Waals surface area (Å²) in [5.74, 6) is -2.47. The summed E-state index contributed by atoms with van der Waals surface area (Å²) >= 11 is 0. The number of phenols is 1. The zero-order chi connectivity index (χ0) is 23.7. The Morgan fingerprint density at radius 3 is 2.44 bits per heavy atom. The van der Waals surface area contributed by atoms with Crippen LogP contribution in [0.3, 0.4) is 0 Å². The highest BCUT2D eigenvalue weighted by molar-refractivity contribution is 6.46. The van der Waals surface area contributed by atoms with Crippen LogP contribution < -0.4 is 0 Å². The van der Waals surface area contributed by atoms with Crippen LogP contribution in [0.2, 0.25) is 0 Å². The van der Waals surface area contributed by atoms with E-state index in [1.807, 2.05) is 19.0 Å². The van der Waals surface area contributed by atoms with Crippen LogP contribution in [0.15, 0.2) is 42.0 Å². The second kappa shape index (κ2) is 8.80. The molecule has 0 aromatic heterocycles. The van der Waals surface area contributed by atoms with Crippen molar-refractivity contribution in [3.8, 4) is 5.75 Å². The van der Waals surface area contributed by atoms with Gasteiger partial charge in [-0.25, -0.2) is 0 Å². The SMILES string of the molecule is Cc1cc(O)c(C(O)=C2C(=O)C(=O)N(CCN(C)C)C2c2cccc([N+](=O)[O-])c2)cc1C. The first-order valence-corrected chi connectivity index (χ1v) is 10.0. The number of nitro benzene ring substituents is 1. The van der Waals surface area contributed by atoms with Crippen molar-refractivity contribution in [2.45, 2.75) is 19.9 Å². The lowest BCUT2D eigenvalue weighted by Crippen LogP contribution is -2.35. The molecule has 0 spiro atoms. The maximum absolute atomic E-state index is 13.0. The van der Waals surface area contributed by atoms with Gasteiger partial charge in [0.15, 0.2) is 0 Å². The molecule has 1 heterocycles. The van der Waals surface area contributed by atoms with Gasteiger partial charge in [0, 0.05) is 25.2 Å². The van der Waals surface area contributed by atoms with E-state index in [0.717, 1.165) is 11.1 Å². The molecular formula is C23H25N3O6. The van der Waals surface area contributed by atoms with E-state index in [-0.39, 0.29) is 29.1 Å². The Labute approximate surface area is 185 Å². The van der Waals surface area contributed by atoms with Crippen LogP contribution in [0.25, 0.3) is 5.76 Å². The first-order chi connectivity index (χ1) is 15.0. The van der Waals surface area contributed by atoms with E-state index in [2.05, 4.69) is 0 Å². The minimum absolute atomic E-state index is 0.0224. The molecule has 0 radical (unpaired) electrons. The van der Waals surface area contributed by atoms with Crippen LogP contribution in [-0.2, 0) is 9.59 Å². The molecule has 1 aliphatic heterocycles. The number of hydrogen-bond acceptors (Lipinski definition) is 7. The number of benzene rings is 2. The van der Waals surface area contributed by atoms with Crippen molar-refractivity contribution in [3.05, 3.63) is 74.3 Å². The summed E-state index contributed by atoms with van der Waals surface area (Å²) in [5.41, 5.74) is 1.50. The number of amides is 1. The van der Waals surface area contributed by atoms with Crippen LogP contribution in [0.4, 0.5) is 5.69 Å². The van der Waals surface area contributed by atoms with E-state index < -0.39 is 28.4 Å². The highest BCUT2D eigenvalue weighted by Crippen LogP contribution is 2.41. The van der Waals surface area contributed by atoms with Crippen molar-refractivity contribution in [1.82, 2.24) is 9.80 Å². The van der Waals surface area contributed by atoms with Crippen LogP contribution in [0.1, 0.15) is 28.3 Å². The highest BCUT2D eigenvalue weighted by atomic mass is 16.6. The maximum atomic E-state index is 13.0. The number of hydrogen-bond donors (Lipinski definition) is 2. The molecule has 0 bridgehead atoms. The number of Topliss-reactive ketones (excluding diaryl/α,β-unsaturated/α-hetero) is 1. The Morgan fingerprint density at radius 2 is 1.81 bits per heavy atom. The fourth-order valence-electron chi connectivity index (χ4n) is 3.71. The molecule has 0 aliphatic carbocycles. The summed E-state index contributed by atoms with van der Waals surface area (Å²) in [6.07, 6.45) is 0. The van der Waals surface area contributed by atoms with Gasteiger partial charge in [0.2, 0.25) is 0 Å². The Morgan fingerprint density at radius 1 is 1.16 bits per heavy atom. The third-order valence-corrected chi connectivity index (χ3v) is 5.59. The first kappa shape index (κ1) is 23.0. The van der Waals surface area contributed by atoms with E-state index in [0.29, 0.717) is 12.1 Å². The molecule has 1 atom stereocenters. The largest absolute Gasteiger partial charge is 0.507 e. The molecule has 0 saturated carbocycles. The third-order valence-electron chi connectivity index (χ3n) is 5.59. The quantitative estimate of drug-likeness (QED) is 0.233. The molecule has 2 aromatic carbocycles. The molecule has 9 nitrogen and oxygen atoms in total. The van der Waals surface area contributed by atoms with Gasteiger partial charge in [-0.15, -0.1) is 0 Å². The van der Waals surface area contributed by atoms with Gasteiger partial charge in [0.1, 0.15) is 11.5 Å². The number of aryl methyl sites for hydroxylation is 2. The number of non-ortho nitro benzene ring substituents is 1. The van der Waals surface area contributed by atoms with Crippen molar-refractivity contribution in [2.75, 3.05) is 27.2 Å². The topological polar surface area (TPSA) is 124 Å². The van der Waals surface area contributed by atoms with Gasteiger partial charge in [0.25, 0.3) is 17.4 Å². The normalized spacial score (nSPS) is 17.9. The second-order valence-electron chi connectivity index (χ2n) is 8.10. The molecule has 168 valence electrons. The number of aliphatic hydroxyl groups excluding tert-OH is 1. The van der Waals surface area contributed by atoms with E-state index >= 15 is 0 Å². The Balaban J connectivity index is 2.24. The number of nitro groups is 1. The number of likely N-dealkylation sites (N-methyl/N-ethyl adjacent to an activating group) is 1. The van der Waals surface area contributed by atoms with Gasteiger partial charge in [0.05, 0.1) is 22.1 Å². The second-order valence-corrected chi connectivity index (χ2v) is 8.10. The van der Waals surface area contributed by atoms with E-state index in [4.69, 9.17) is 0 Å². The third kappa shape index (κ3) is 4.19. The molecule has 32 heavy (non-hydrogen) atoms. The Kier molecular flexibility index (Phi) is 6.31. The average Bonchev–Trinajstić information content (AvgIpc) is 2.99. The minimum atomic E-state index is -1.03. The van der Waals surface area contributed by atoms with Crippen LogP contribution in [0, 0.1) is 24.0 Å². The molecule has 2 N–H and O–H groups in total. The molecular weight excluding hydrogens is 414 g/mol. The average molecular weight is 439 g/mol. The van der Waals surface area contributed by atoms with Crippen molar-refractivity contribution in [1.29, 1.82) is 0 Å². The summed E-state index contributed by atoms with van der Waals surface area (Å²) < 4.78 is 0. The molecule has 1 saturated heterocycles. The lowest BCUT2D eigenvalue weighted by Gasteiger charge is -2.26. The molecule has 1 aliphatic rings. The van der Waals surface area contributed by atoms with E-state index in [9.17, 15) is 29.9 Å². The zero-order valence-electron chi connectivity index (χ0n) is 18.3. The van der Waals surface area contributed by atoms with Crippen molar-refractivity contribution >= 4 is 23.1 Å². The molecule has 1 amide bonds. The van der Waals surface area contributed by atoms with Crippen molar-refractivity contribution < 1.29 is 24.7 Å².